The number of amides is 1. The van der Waals surface area contributed by atoms with Gasteiger partial charge in [-0.25, -0.2) is 4.79 Å². The minimum Gasteiger partial charge on any atom is -0.410 e. The average Bonchev–Trinajstić information content (AvgIpc) is 2.38. The van der Waals surface area contributed by atoms with E-state index in [9.17, 15) is 18.0 Å². The van der Waals surface area contributed by atoms with E-state index in [2.05, 4.69) is 0 Å². The number of rotatable bonds is 1. The van der Waals surface area contributed by atoms with E-state index in [1.165, 1.54) is 37.0 Å². The zero-order chi connectivity index (χ0) is 15.8. The van der Waals surface area contributed by atoms with Crippen molar-refractivity contribution in [1.82, 2.24) is 4.90 Å². The molecule has 1 aromatic carbocycles. The quantitative estimate of drug-likeness (QED) is 0.798. The lowest BCUT2D eigenvalue weighted by molar-refractivity contribution is -0.0935. The molecule has 1 aliphatic rings. The zero-order valence-electron chi connectivity index (χ0n) is 11.9. The molecule has 0 aliphatic carbocycles. The second kappa shape index (κ2) is 5.31. The molecule has 4 nitrogen and oxygen atoms in total. The fourth-order valence-electron chi connectivity index (χ4n) is 2.06. The third-order valence-electron chi connectivity index (χ3n) is 3.13. The minimum atomic E-state index is -4.41. The molecular formula is C14H15F3N2O2. The molecule has 0 saturated carbocycles. The van der Waals surface area contributed by atoms with Crippen molar-refractivity contribution < 1.29 is 22.7 Å². The number of nitrogens with zero attached hydrogens (tertiary/aromatic N) is 2. The van der Waals surface area contributed by atoms with Crippen LogP contribution >= 0.6 is 0 Å². The van der Waals surface area contributed by atoms with Crippen LogP contribution in [0, 0.1) is 0 Å². The predicted molar refractivity (Wildman–Crippen MR) is 72.4 cm³/mol. The van der Waals surface area contributed by atoms with E-state index in [0.717, 1.165) is 6.20 Å². The third-order valence-corrected chi connectivity index (χ3v) is 3.13. The van der Waals surface area contributed by atoms with E-state index >= 15 is 0 Å². The highest BCUT2D eigenvalue weighted by molar-refractivity contribution is 5.73. The largest absolute Gasteiger partial charge is 0.414 e. The Morgan fingerprint density at radius 3 is 2.57 bits per heavy atom. The molecule has 2 rings (SSSR count). The van der Waals surface area contributed by atoms with Crippen LogP contribution in [0.1, 0.15) is 5.56 Å². The number of allylic oxidation sites excluding steroid dienone is 1. The summed E-state index contributed by atoms with van der Waals surface area (Å²) in [4.78, 5) is 14.2. The van der Waals surface area contributed by atoms with Gasteiger partial charge in [-0.15, -0.1) is 0 Å². The Labute approximate surface area is 120 Å². The fraction of sp³-hybridized carbons (Fsp3) is 0.357. The molecule has 1 aliphatic heterocycles. The van der Waals surface area contributed by atoms with Gasteiger partial charge in [-0.05, 0) is 12.1 Å². The van der Waals surface area contributed by atoms with Crippen molar-refractivity contribution in [2.24, 2.45) is 0 Å². The number of halogens is 3. The molecule has 0 unspecified atom stereocenters. The number of ether oxygens (including phenoxy) is 1. The van der Waals surface area contributed by atoms with Crippen LogP contribution in [0.25, 0.3) is 0 Å². The molecule has 114 valence electrons. The standard InChI is InChI=1S/C14H15F3N2O2/c1-18(2)13(20)21-12-6-4-5-11-10(12)7-9(8-19(11)3)14(15,16)17/h4-6,8H,7H2,1-3H3. The molecule has 1 heterocycles. The van der Waals surface area contributed by atoms with Crippen molar-refractivity contribution >= 4 is 11.8 Å². The van der Waals surface area contributed by atoms with Crippen molar-refractivity contribution in [2.75, 3.05) is 26.0 Å². The van der Waals surface area contributed by atoms with E-state index in [-0.39, 0.29) is 12.2 Å². The lowest BCUT2D eigenvalue weighted by Gasteiger charge is -2.28. The number of carbonyl (C=O) groups excluding carboxylic acids is 1. The number of benzene rings is 1. The molecule has 0 atom stereocenters. The van der Waals surface area contributed by atoms with Gasteiger partial charge in [0.25, 0.3) is 0 Å². The maximum atomic E-state index is 12.9. The van der Waals surface area contributed by atoms with E-state index in [4.69, 9.17) is 4.74 Å². The lowest BCUT2D eigenvalue weighted by Crippen LogP contribution is -2.28. The number of hydrogen-bond acceptors (Lipinski definition) is 3. The molecule has 0 fully saturated rings. The molecule has 0 N–H and O–H groups in total. The smallest absolute Gasteiger partial charge is 0.410 e. The van der Waals surface area contributed by atoms with Crippen molar-refractivity contribution in [1.29, 1.82) is 0 Å². The van der Waals surface area contributed by atoms with E-state index in [1.807, 2.05) is 0 Å². The average molecular weight is 300 g/mol. The van der Waals surface area contributed by atoms with Crippen LogP contribution in [-0.2, 0) is 6.42 Å². The molecule has 7 heteroatoms. The van der Waals surface area contributed by atoms with Gasteiger partial charge in [0.1, 0.15) is 5.75 Å². The Bertz CT molecular complexity index is 594. The normalized spacial score (nSPS) is 14.4. The highest BCUT2D eigenvalue weighted by Gasteiger charge is 2.37. The summed E-state index contributed by atoms with van der Waals surface area (Å²) in [6.07, 6.45) is -4.31. The Kier molecular flexibility index (Phi) is 3.85. The second-order valence-corrected chi connectivity index (χ2v) is 4.96. The van der Waals surface area contributed by atoms with Gasteiger partial charge in [-0.1, -0.05) is 6.07 Å². The van der Waals surface area contributed by atoms with E-state index in [1.54, 1.807) is 12.1 Å². The Hall–Kier alpha value is -2.18. The maximum Gasteiger partial charge on any atom is 0.414 e. The lowest BCUT2D eigenvalue weighted by atomic mass is 9.98. The zero-order valence-corrected chi connectivity index (χ0v) is 11.9. The minimum absolute atomic E-state index is 0.146. The maximum absolute atomic E-state index is 12.9. The first-order valence-electron chi connectivity index (χ1n) is 6.22. The summed E-state index contributed by atoms with van der Waals surface area (Å²) in [6, 6.07) is 4.82. The SMILES string of the molecule is CN(C)C(=O)Oc1cccc2c1CC(C(F)(F)F)=CN2C. The highest BCUT2D eigenvalue weighted by atomic mass is 19.4. The van der Waals surface area contributed by atoms with Crippen LogP contribution < -0.4 is 9.64 Å². The van der Waals surface area contributed by atoms with Crippen molar-refractivity contribution in [3.8, 4) is 5.75 Å². The van der Waals surface area contributed by atoms with Gasteiger partial charge in [-0.3, -0.25) is 0 Å². The molecule has 0 saturated heterocycles. The monoisotopic (exact) mass is 300 g/mol. The summed E-state index contributed by atoms with van der Waals surface area (Å²) in [5.74, 6) is 0.146. The number of fused-ring (bicyclic) bond motifs is 1. The van der Waals surface area contributed by atoms with E-state index < -0.39 is 17.8 Å². The topological polar surface area (TPSA) is 32.8 Å². The van der Waals surface area contributed by atoms with Gasteiger partial charge in [0, 0.05) is 45.0 Å². The molecular weight excluding hydrogens is 285 g/mol. The second-order valence-electron chi connectivity index (χ2n) is 4.96. The summed E-state index contributed by atoms with van der Waals surface area (Å²) in [7, 11) is 4.54. The fourth-order valence-corrected chi connectivity index (χ4v) is 2.06. The summed E-state index contributed by atoms with van der Waals surface area (Å²) in [6.45, 7) is 0. The Balaban J connectivity index is 2.39. The first-order chi connectivity index (χ1) is 9.70. The van der Waals surface area contributed by atoms with E-state index in [0.29, 0.717) is 11.3 Å². The van der Waals surface area contributed by atoms with Crippen molar-refractivity contribution in [3.63, 3.8) is 0 Å². The molecule has 1 aromatic rings. The van der Waals surface area contributed by atoms with Crippen molar-refractivity contribution in [2.45, 2.75) is 12.6 Å². The van der Waals surface area contributed by atoms with Gasteiger partial charge < -0.3 is 14.5 Å². The first-order valence-corrected chi connectivity index (χ1v) is 6.22. The molecule has 1 amide bonds. The summed E-state index contributed by atoms with van der Waals surface area (Å²) >= 11 is 0. The first kappa shape index (κ1) is 15.2. The van der Waals surface area contributed by atoms with Crippen LogP contribution in [0.4, 0.5) is 23.7 Å². The Morgan fingerprint density at radius 2 is 2.00 bits per heavy atom. The number of hydrogen-bond donors (Lipinski definition) is 0. The summed E-state index contributed by atoms with van der Waals surface area (Å²) < 4.78 is 43.9. The third kappa shape index (κ3) is 3.12. The summed E-state index contributed by atoms with van der Waals surface area (Å²) in [5.41, 5.74) is 0.267. The van der Waals surface area contributed by atoms with Gasteiger partial charge in [0.15, 0.2) is 0 Å². The molecule has 0 aromatic heterocycles. The predicted octanol–water partition coefficient (Wildman–Crippen LogP) is 3.19. The molecule has 0 spiro atoms. The van der Waals surface area contributed by atoms with Crippen LogP contribution in [0.2, 0.25) is 0 Å². The van der Waals surface area contributed by atoms with Crippen LogP contribution in [0.3, 0.4) is 0 Å². The number of anilines is 1. The molecule has 21 heavy (non-hydrogen) atoms. The highest BCUT2D eigenvalue weighted by Crippen LogP contribution is 2.40. The molecule has 0 radical (unpaired) electrons. The number of carbonyl (C=O) groups is 1. The van der Waals surface area contributed by atoms with Crippen LogP contribution in [0.15, 0.2) is 30.0 Å². The van der Waals surface area contributed by atoms with Crippen molar-refractivity contribution in [3.05, 3.63) is 35.5 Å². The van der Waals surface area contributed by atoms with Gasteiger partial charge in [-0.2, -0.15) is 13.2 Å². The van der Waals surface area contributed by atoms with Crippen LogP contribution in [-0.4, -0.2) is 38.3 Å². The summed E-state index contributed by atoms with van der Waals surface area (Å²) in [5, 5.41) is 0. The number of alkyl halides is 3. The van der Waals surface area contributed by atoms with Gasteiger partial charge >= 0.3 is 12.3 Å². The van der Waals surface area contributed by atoms with Gasteiger partial charge in [0.2, 0.25) is 0 Å². The molecule has 0 bridgehead atoms. The Morgan fingerprint density at radius 1 is 1.33 bits per heavy atom. The van der Waals surface area contributed by atoms with Gasteiger partial charge in [0.05, 0.1) is 5.57 Å². The van der Waals surface area contributed by atoms with Crippen LogP contribution in [0.5, 0.6) is 5.75 Å².